The highest BCUT2D eigenvalue weighted by Gasteiger charge is 2.04. The lowest BCUT2D eigenvalue weighted by Crippen LogP contribution is -2.10. The largest absolute Gasteiger partial charge is 0.396 e. The molecular formula is C11H18ClNO. The standard InChI is InChI=1S/C11H17NO.ClH/c1-9-4-2-5-10(8-9)11(12)6-3-7-13;/h2,4-5,8,11,13H,3,6-7,12H2,1H3;1H/t11-;/m1./s1. The van der Waals surface area contributed by atoms with Crippen molar-refractivity contribution in [2.75, 3.05) is 6.61 Å². The van der Waals surface area contributed by atoms with Gasteiger partial charge in [-0.3, -0.25) is 0 Å². The van der Waals surface area contributed by atoms with Crippen LogP contribution in [-0.2, 0) is 0 Å². The molecule has 3 N–H and O–H groups in total. The summed E-state index contributed by atoms with van der Waals surface area (Å²) >= 11 is 0. The molecule has 1 atom stereocenters. The molecule has 0 aliphatic carbocycles. The Hall–Kier alpha value is -0.570. The predicted octanol–water partition coefficient (Wildman–Crippen LogP) is 2.19. The molecular weight excluding hydrogens is 198 g/mol. The first kappa shape index (κ1) is 13.4. The van der Waals surface area contributed by atoms with Gasteiger partial charge in [-0.15, -0.1) is 12.4 Å². The summed E-state index contributed by atoms with van der Waals surface area (Å²) in [5.74, 6) is 0. The van der Waals surface area contributed by atoms with Crippen LogP contribution in [0.15, 0.2) is 24.3 Å². The molecule has 0 heterocycles. The molecule has 1 aromatic carbocycles. The SMILES string of the molecule is Cc1cccc([C@H](N)CCCO)c1.Cl. The zero-order chi connectivity index (χ0) is 9.68. The molecule has 14 heavy (non-hydrogen) atoms. The average molecular weight is 216 g/mol. The second kappa shape index (κ2) is 6.82. The second-order valence-corrected chi connectivity index (χ2v) is 3.39. The molecule has 0 aromatic heterocycles. The van der Waals surface area contributed by atoms with Crippen LogP contribution >= 0.6 is 12.4 Å². The van der Waals surface area contributed by atoms with E-state index in [9.17, 15) is 0 Å². The molecule has 0 bridgehead atoms. The second-order valence-electron chi connectivity index (χ2n) is 3.39. The van der Waals surface area contributed by atoms with Gasteiger partial charge in [-0.25, -0.2) is 0 Å². The Morgan fingerprint density at radius 2 is 2.14 bits per heavy atom. The van der Waals surface area contributed by atoms with E-state index in [2.05, 4.69) is 19.1 Å². The maximum Gasteiger partial charge on any atom is 0.0431 e. The molecule has 1 rings (SSSR count). The minimum absolute atomic E-state index is 0. The van der Waals surface area contributed by atoms with E-state index in [4.69, 9.17) is 10.8 Å². The Morgan fingerprint density at radius 3 is 2.71 bits per heavy atom. The zero-order valence-electron chi connectivity index (χ0n) is 8.44. The third kappa shape index (κ3) is 4.09. The molecule has 0 aliphatic rings. The van der Waals surface area contributed by atoms with Crippen LogP contribution in [0.2, 0.25) is 0 Å². The molecule has 1 aromatic rings. The highest BCUT2D eigenvalue weighted by Crippen LogP contribution is 2.16. The Labute approximate surface area is 91.5 Å². The fraction of sp³-hybridized carbons (Fsp3) is 0.455. The number of rotatable bonds is 4. The van der Waals surface area contributed by atoms with Crippen LogP contribution in [0.3, 0.4) is 0 Å². The van der Waals surface area contributed by atoms with Crippen molar-refractivity contribution in [2.24, 2.45) is 5.73 Å². The van der Waals surface area contributed by atoms with E-state index < -0.39 is 0 Å². The van der Waals surface area contributed by atoms with Crippen molar-refractivity contribution in [1.29, 1.82) is 0 Å². The van der Waals surface area contributed by atoms with Gasteiger partial charge < -0.3 is 10.8 Å². The number of halogens is 1. The third-order valence-corrected chi connectivity index (χ3v) is 2.14. The first-order valence-corrected chi connectivity index (χ1v) is 4.67. The number of aliphatic hydroxyl groups is 1. The van der Waals surface area contributed by atoms with Gasteiger partial charge >= 0.3 is 0 Å². The lowest BCUT2D eigenvalue weighted by atomic mass is 10.0. The third-order valence-electron chi connectivity index (χ3n) is 2.14. The van der Waals surface area contributed by atoms with Gasteiger partial charge in [0.2, 0.25) is 0 Å². The molecule has 0 saturated heterocycles. The molecule has 2 nitrogen and oxygen atoms in total. The lowest BCUT2D eigenvalue weighted by Gasteiger charge is -2.11. The first-order valence-electron chi connectivity index (χ1n) is 4.67. The molecule has 3 heteroatoms. The van der Waals surface area contributed by atoms with Crippen LogP contribution < -0.4 is 5.73 Å². The van der Waals surface area contributed by atoms with E-state index in [1.165, 1.54) is 5.56 Å². The lowest BCUT2D eigenvalue weighted by molar-refractivity contribution is 0.280. The van der Waals surface area contributed by atoms with Gasteiger partial charge in [-0.1, -0.05) is 29.8 Å². The van der Waals surface area contributed by atoms with Crippen molar-refractivity contribution in [3.63, 3.8) is 0 Å². The molecule has 80 valence electrons. The van der Waals surface area contributed by atoms with Gasteiger partial charge in [0.15, 0.2) is 0 Å². The van der Waals surface area contributed by atoms with E-state index in [0.29, 0.717) is 0 Å². The van der Waals surface area contributed by atoms with E-state index >= 15 is 0 Å². The first-order chi connectivity index (χ1) is 6.24. The quantitative estimate of drug-likeness (QED) is 0.809. The van der Waals surface area contributed by atoms with Crippen molar-refractivity contribution in [2.45, 2.75) is 25.8 Å². The van der Waals surface area contributed by atoms with Crippen molar-refractivity contribution in [3.8, 4) is 0 Å². The fourth-order valence-corrected chi connectivity index (χ4v) is 1.38. The minimum Gasteiger partial charge on any atom is -0.396 e. The summed E-state index contributed by atoms with van der Waals surface area (Å²) in [6.45, 7) is 2.28. The Balaban J connectivity index is 0.00000169. The Bertz CT molecular complexity index is 265. The number of benzene rings is 1. The molecule has 0 spiro atoms. The van der Waals surface area contributed by atoms with Crippen molar-refractivity contribution < 1.29 is 5.11 Å². The van der Waals surface area contributed by atoms with Crippen LogP contribution in [0, 0.1) is 6.92 Å². The number of aryl methyl sites for hydroxylation is 1. The van der Waals surface area contributed by atoms with Crippen molar-refractivity contribution >= 4 is 12.4 Å². The maximum atomic E-state index is 8.66. The summed E-state index contributed by atoms with van der Waals surface area (Å²) in [5.41, 5.74) is 8.33. The van der Waals surface area contributed by atoms with Crippen molar-refractivity contribution in [3.05, 3.63) is 35.4 Å². The molecule has 0 saturated carbocycles. The summed E-state index contributed by atoms with van der Waals surface area (Å²) in [5, 5.41) is 8.66. The maximum absolute atomic E-state index is 8.66. The van der Waals surface area contributed by atoms with Gasteiger partial charge in [0.05, 0.1) is 0 Å². The Kier molecular flexibility index (Phi) is 6.54. The molecule has 0 radical (unpaired) electrons. The molecule has 0 fully saturated rings. The molecule has 0 aliphatic heterocycles. The summed E-state index contributed by atoms with van der Waals surface area (Å²) in [7, 11) is 0. The molecule has 0 amide bonds. The van der Waals surface area contributed by atoms with E-state index in [-0.39, 0.29) is 25.1 Å². The number of nitrogens with two attached hydrogens (primary N) is 1. The smallest absolute Gasteiger partial charge is 0.0431 e. The Morgan fingerprint density at radius 1 is 1.43 bits per heavy atom. The summed E-state index contributed by atoms with van der Waals surface area (Å²) in [6.07, 6.45) is 1.62. The number of hydrogen-bond donors (Lipinski definition) is 2. The van der Waals surface area contributed by atoms with Gasteiger partial charge in [0, 0.05) is 12.6 Å². The molecule has 0 unspecified atom stereocenters. The summed E-state index contributed by atoms with van der Waals surface area (Å²) < 4.78 is 0. The number of hydrogen-bond acceptors (Lipinski definition) is 2. The summed E-state index contributed by atoms with van der Waals surface area (Å²) in [4.78, 5) is 0. The predicted molar refractivity (Wildman–Crippen MR) is 61.7 cm³/mol. The number of aliphatic hydroxyl groups excluding tert-OH is 1. The zero-order valence-corrected chi connectivity index (χ0v) is 9.26. The minimum atomic E-state index is 0. The average Bonchev–Trinajstić information content (AvgIpc) is 2.14. The van der Waals surface area contributed by atoms with E-state index in [0.717, 1.165) is 18.4 Å². The van der Waals surface area contributed by atoms with Crippen LogP contribution in [0.1, 0.15) is 30.0 Å². The van der Waals surface area contributed by atoms with Crippen LogP contribution in [-0.4, -0.2) is 11.7 Å². The van der Waals surface area contributed by atoms with Crippen LogP contribution in [0.4, 0.5) is 0 Å². The van der Waals surface area contributed by atoms with Gasteiger partial charge in [0.25, 0.3) is 0 Å². The topological polar surface area (TPSA) is 46.2 Å². The van der Waals surface area contributed by atoms with Gasteiger partial charge in [-0.2, -0.15) is 0 Å². The fourth-order valence-electron chi connectivity index (χ4n) is 1.38. The van der Waals surface area contributed by atoms with Gasteiger partial charge in [0.1, 0.15) is 0 Å². The van der Waals surface area contributed by atoms with Crippen LogP contribution in [0.5, 0.6) is 0 Å². The summed E-state index contributed by atoms with van der Waals surface area (Å²) in [6, 6.07) is 8.27. The van der Waals surface area contributed by atoms with Crippen molar-refractivity contribution in [1.82, 2.24) is 0 Å². The highest BCUT2D eigenvalue weighted by molar-refractivity contribution is 5.85. The van der Waals surface area contributed by atoms with E-state index in [1.54, 1.807) is 0 Å². The van der Waals surface area contributed by atoms with Gasteiger partial charge in [-0.05, 0) is 25.3 Å². The van der Waals surface area contributed by atoms with E-state index in [1.807, 2.05) is 12.1 Å². The normalized spacial score (nSPS) is 11.9. The highest BCUT2D eigenvalue weighted by atomic mass is 35.5. The monoisotopic (exact) mass is 215 g/mol. The van der Waals surface area contributed by atoms with Crippen LogP contribution in [0.25, 0.3) is 0 Å².